The summed E-state index contributed by atoms with van der Waals surface area (Å²) in [7, 11) is 1.64. The number of furan rings is 1. The zero-order chi connectivity index (χ0) is 23.2. The molecule has 0 bridgehead atoms. The van der Waals surface area contributed by atoms with E-state index in [1.54, 1.807) is 18.2 Å². The maximum absolute atomic E-state index is 13.6. The molecule has 170 valence electrons. The average Bonchev–Trinajstić information content (AvgIpc) is 3.34. The van der Waals surface area contributed by atoms with E-state index >= 15 is 0 Å². The molecule has 0 radical (unpaired) electrons. The van der Waals surface area contributed by atoms with Gasteiger partial charge in [-0.25, -0.2) is 0 Å². The molecule has 3 aromatic rings. The summed E-state index contributed by atoms with van der Waals surface area (Å²) in [5, 5.41) is 0.481. The van der Waals surface area contributed by atoms with Gasteiger partial charge in [0.1, 0.15) is 23.7 Å². The molecule has 7 nitrogen and oxygen atoms in total. The summed E-state index contributed by atoms with van der Waals surface area (Å²) in [5.74, 6) is 1.56. The highest BCUT2D eigenvalue weighted by Gasteiger charge is 2.59. The maximum Gasteiger partial charge on any atom is 0.259 e. The van der Waals surface area contributed by atoms with Gasteiger partial charge in [-0.1, -0.05) is 0 Å². The Morgan fingerprint density at radius 3 is 2.55 bits per heavy atom. The fraction of sp³-hybridized carbons (Fsp3) is 0.320. The van der Waals surface area contributed by atoms with Crippen molar-refractivity contribution in [3.05, 3.63) is 65.7 Å². The van der Waals surface area contributed by atoms with Gasteiger partial charge in [0, 0.05) is 24.9 Å². The number of pyridine rings is 1. The van der Waals surface area contributed by atoms with E-state index in [4.69, 9.17) is 27.1 Å². The fourth-order valence-corrected chi connectivity index (χ4v) is 5.13. The van der Waals surface area contributed by atoms with Gasteiger partial charge in [0.2, 0.25) is 0 Å². The number of thiocarbonyl (C=S) groups is 1. The van der Waals surface area contributed by atoms with Crippen molar-refractivity contribution >= 4 is 34.6 Å². The van der Waals surface area contributed by atoms with Gasteiger partial charge in [0.25, 0.3) is 5.91 Å². The van der Waals surface area contributed by atoms with E-state index in [2.05, 4.69) is 4.98 Å². The Bertz CT molecular complexity index is 1220. The monoisotopic (exact) mass is 462 g/mol. The summed E-state index contributed by atoms with van der Waals surface area (Å²) in [5.41, 5.74) is 9.43. The van der Waals surface area contributed by atoms with Gasteiger partial charge in [-0.3, -0.25) is 14.7 Å². The van der Waals surface area contributed by atoms with E-state index in [0.29, 0.717) is 24.0 Å². The van der Waals surface area contributed by atoms with Crippen molar-refractivity contribution in [3.8, 4) is 11.3 Å². The third-order valence-corrected chi connectivity index (χ3v) is 6.94. The van der Waals surface area contributed by atoms with E-state index in [1.165, 1.54) is 0 Å². The van der Waals surface area contributed by atoms with Gasteiger partial charge in [-0.2, -0.15) is 0 Å². The van der Waals surface area contributed by atoms with Crippen LogP contribution in [-0.4, -0.2) is 28.7 Å². The van der Waals surface area contributed by atoms with Crippen molar-refractivity contribution in [1.82, 2.24) is 4.98 Å². The van der Waals surface area contributed by atoms with Crippen LogP contribution in [0.15, 0.2) is 53.1 Å². The highest BCUT2D eigenvalue weighted by molar-refractivity contribution is 7.81. The molecule has 2 aliphatic rings. The number of aromatic nitrogens is 1. The molecule has 1 aromatic carbocycles. The molecule has 8 heteroatoms. The minimum Gasteiger partial charge on any atom is -0.459 e. The lowest BCUT2D eigenvalue weighted by Crippen LogP contribution is -2.55. The van der Waals surface area contributed by atoms with Gasteiger partial charge in [0.05, 0.1) is 17.6 Å². The number of aryl methyl sites for hydroxylation is 1. The summed E-state index contributed by atoms with van der Waals surface area (Å²) in [4.78, 5) is 21.7. The van der Waals surface area contributed by atoms with E-state index in [0.717, 1.165) is 53.3 Å². The van der Waals surface area contributed by atoms with Crippen LogP contribution >= 0.6 is 12.2 Å². The van der Waals surface area contributed by atoms with Crippen LogP contribution in [0.25, 0.3) is 11.3 Å². The van der Waals surface area contributed by atoms with Crippen LogP contribution in [0, 0.1) is 6.92 Å². The smallest absolute Gasteiger partial charge is 0.259 e. The highest BCUT2D eigenvalue weighted by atomic mass is 32.1. The summed E-state index contributed by atoms with van der Waals surface area (Å²) < 4.78 is 11.0. The van der Waals surface area contributed by atoms with Crippen molar-refractivity contribution in [2.24, 2.45) is 5.73 Å². The molecule has 1 spiro atoms. The molecular formula is C25H26N4O3S. The van der Waals surface area contributed by atoms with Crippen LogP contribution < -0.4 is 15.5 Å². The van der Waals surface area contributed by atoms with Crippen LogP contribution in [0.3, 0.4) is 0 Å². The second-order valence-electron chi connectivity index (χ2n) is 8.55. The summed E-state index contributed by atoms with van der Waals surface area (Å²) in [6.45, 7) is 2.74. The summed E-state index contributed by atoms with van der Waals surface area (Å²) in [6, 6.07) is 13.8. The van der Waals surface area contributed by atoms with E-state index < -0.39 is 5.54 Å². The van der Waals surface area contributed by atoms with E-state index in [9.17, 15) is 4.79 Å². The predicted octanol–water partition coefficient (Wildman–Crippen LogP) is 4.32. The normalized spacial score (nSPS) is 17.2. The van der Waals surface area contributed by atoms with Gasteiger partial charge in [-0.15, -0.1) is 0 Å². The first-order valence-corrected chi connectivity index (χ1v) is 11.4. The largest absolute Gasteiger partial charge is 0.459 e. The number of amides is 1. The molecule has 1 aliphatic heterocycles. The van der Waals surface area contributed by atoms with Crippen LogP contribution in [0.1, 0.15) is 36.3 Å². The molecule has 0 unspecified atom stereocenters. The molecule has 1 aliphatic carbocycles. The summed E-state index contributed by atoms with van der Waals surface area (Å²) >= 11 is 5.86. The first-order valence-electron chi connectivity index (χ1n) is 11.0. The average molecular weight is 463 g/mol. The standard InChI is InChI=1S/C25H26N4O3S/c1-16-12-19(14-27-21(16)13-26)28-23(30)25(10-3-11-25)29(24(28)33)18-6-4-17(5-7-18)22-9-8-20(32-22)15-31-2/h4-9,12,14H,3,10-11,13,15,26H2,1-2H3. The highest BCUT2D eigenvalue weighted by Crippen LogP contribution is 2.48. The molecular weight excluding hydrogens is 436 g/mol. The predicted molar refractivity (Wildman–Crippen MR) is 131 cm³/mol. The number of nitrogens with two attached hydrogens (primary N) is 1. The van der Waals surface area contributed by atoms with Gasteiger partial charge >= 0.3 is 0 Å². The van der Waals surface area contributed by atoms with Gasteiger partial charge < -0.3 is 19.8 Å². The topological polar surface area (TPSA) is 84.8 Å². The lowest BCUT2D eigenvalue weighted by atomic mass is 9.75. The number of rotatable bonds is 6. The zero-order valence-electron chi connectivity index (χ0n) is 18.7. The molecule has 3 heterocycles. The lowest BCUT2D eigenvalue weighted by molar-refractivity contribution is -0.123. The van der Waals surface area contributed by atoms with Crippen LogP contribution in [-0.2, 0) is 22.7 Å². The second kappa shape index (κ2) is 8.37. The number of methoxy groups -OCH3 is 1. The van der Waals surface area contributed by atoms with E-state index in [1.807, 2.05) is 54.3 Å². The third kappa shape index (κ3) is 3.45. The number of ether oxygens (including phenoxy) is 1. The Morgan fingerprint density at radius 1 is 1.18 bits per heavy atom. The number of anilines is 2. The van der Waals surface area contributed by atoms with Crippen molar-refractivity contribution in [1.29, 1.82) is 0 Å². The Balaban J connectivity index is 1.47. The maximum atomic E-state index is 13.6. The first-order chi connectivity index (χ1) is 16.0. The molecule has 2 aromatic heterocycles. The Labute approximate surface area is 198 Å². The minimum absolute atomic E-state index is 0.0137. The summed E-state index contributed by atoms with van der Waals surface area (Å²) in [6.07, 6.45) is 4.23. The Morgan fingerprint density at radius 2 is 1.94 bits per heavy atom. The van der Waals surface area contributed by atoms with Gasteiger partial charge in [-0.05, 0) is 86.4 Å². The Kier molecular flexibility index (Phi) is 5.52. The second-order valence-corrected chi connectivity index (χ2v) is 8.92. The lowest BCUT2D eigenvalue weighted by Gasteiger charge is -2.43. The molecule has 1 amide bonds. The quantitative estimate of drug-likeness (QED) is 0.546. The third-order valence-electron chi connectivity index (χ3n) is 6.57. The molecule has 5 rings (SSSR count). The van der Waals surface area contributed by atoms with E-state index in [-0.39, 0.29) is 5.91 Å². The minimum atomic E-state index is -0.630. The van der Waals surface area contributed by atoms with Crippen molar-refractivity contribution in [2.45, 2.75) is 44.9 Å². The molecule has 1 saturated carbocycles. The van der Waals surface area contributed by atoms with Crippen LogP contribution in [0.5, 0.6) is 0 Å². The molecule has 2 N–H and O–H groups in total. The number of hydrogen-bond donors (Lipinski definition) is 1. The number of carbonyl (C=O) groups excluding carboxylic acids is 1. The zero-order valence-corrected chi connectivity index (χ0v) is 19.5. The van der Waals surface area contributed by atoms with Crippen LogP contribution in [0.2, 0.25) is 0 Å². The van der Waals surface area contributed by atoms with Crippen LogP contribution in [0.4, 0.5) is 11.4 Å². The fourth-order valence-electron chi connectivity index (χ4n) is 4.66. The number of nitrogens with zero attached hydrogens (tertiary/aromatic N) is 3. The van der Waals surface area contributed by atoms with Gasteiger partial charge in [0.15, 0.2) is 5.11 Å². The van der Waals surface area contributed by atoms with Crippen molar-refractivity contribution in [2.75, 3.05) is 16.9 Å². The molecule has 0 atom stereocenters. The number of hydrogen-bond acceptors (Lipinski definition) is 6. The Hall–Kier alpha value is -3.07. The first kappa shape index (κ1) is 21.8. The SMILES string of the molecule is COCc1ccc(-c2ccc(N3C(=S)N(c4cnc(CN)c(C)c4)C(=O)C34CCC4)cc2)o1. The molecule has 1 saturated heterocycles. The van der Waals surface area contributed by atoms with Crippen molar-refractivity contribution in [3.63, 3.8) is 0 Å². The molecule has 2 fully saturated rings. The number of carbonyl (C=O) groups is 1. The number of benzene rings is 1. The van der Waals surface area contributed by atoms with Crippen molar-refractivity contribution < 1.29 is 13.9 Å². The molecule has 33 heavy (non-hydrogen) atoms.